The maximum Gasteiger partial charge on any atom is 0.289 e. The number of amides is 8. The van der Waals surface area contributed by atoms with Crippen LogP contribution in [0.25, 0.3) is 0 Å². The Balaban J connectivity index is 0.817. The van der Waals surface area contributed by atoms with Crippen LogP contribution in [0.2, 0.25) is 0 Å². The molecule has 0 radical (unpaired) electrons. The van der Waals surface area contributed by atoms with Crippen LogP contribution in [-0.2, 0) is 40.0 Å². The highest BCUT2D eigenvalue weighted by atomic mass is 16.2. The molecular weight excluding hydrogens is 1020 g/mol. The first-order valence-electron chi connectivity index (χ1n) is 29.4. The van der Waals surface area contributed by atoms with Gasteiger partial charge in [0.2, 0.25) is 29.4 Å². The molecule has 1 unspecified atom stereocenters. The minimum absolute atomic E-state index is 0.0184. The summed E-state index contributed by atoms with van der Waals surface area (Å²) in [4.78, 5) is 162. The normalized spacial score (nSPS) is 22.3. The SMILES string of the molecule is CCC[C@H](NC(=O)[C@@H]1[C@H]2CCC[C@H]2CN1C(=O)[C@@H](CC(=O)[C@@H](NC(=O)c1cnc(C(=O)CCCCN(C)CCCCc2cccc3c2C(=O)N(C2CCC(=O)NC2=O)C3=O)cn1)C1CCCCC1)C(C)(C)C)C(=O)C(=O)NC1CC1. The van der Waals surface area contributed by atoms with Gasteiger partial charge in [-0.2, -0.15) is 0 Å². The summed E-state index contributed by atoms with van der Waals surface area (Å²) in [5, 5.41) is 10.8. The Labute approximate surface area is 468 Å². The molecule has 1 aromatic carbocycles. The first-order chi connectivity index (χ1) is 38.2. The van der Waals surface area contributed by atoms with Crippen LogP contribution >= 0.6 is 0 Å². The van der Waals surface area contributed by atoms with Gasteiger partial charge in [-0.15, -0.1) is 0 Å². The van der Waals surface area contributed by atoms with E-state index in [1.54, 1.807) is 17.0 Å². The molecule has 432 valence electrons. The number of imide groups is 2. The zero-order valence-electron chi connectivity index (χ0n) is 47.3. The number of ketones is 3. The lowest BCUT2D eigenvalue weighted by Gasteiger charge is -2.37. The Kier molecular flexibility index (Phi) is 19.6. The third-order valence-corrected chi connectivity index (χ3v) is 17.4. The zero-order chi connectivity index (χ0) is 57.4. The van der Waals surface area contributed by atoms with Crippen LogP contribution in [0.3, 0.4) is 0 Å². The van der Waals surface area contributed by atoms with Crippen molar-refractivity contribution in [2.24, 2.45) is 29.1 Å². The Bertz CT molecular complexity index is 2710. The zero-order valence-corrected chi connectivity index (χ0v) is 47.3. The van der Waals surface area contributed by atoms with Gasteiger partial charge in [-0.05, 0) is 138 Å². The van der Waals surface area contributed by atoms with Gasteiger partial charge < -0.3 is 25.8 Å². The molecule has 3 aliphatic heterocycles. The summed E-state index contributed by atoms with van der Waals surface area (Å²) in [6.45, 7) is 9.43. The second kappa shape index (κ2) is 26.3. The number of unbranched alkanes of at least 4 members (excludes halogenated alkanes) is 2. The van der Waals surface area contributed by atoms with Crippen molar-refractivity contribution in [1.82, 2.24) is 45.9 Å². The summed E-state index contributed by atoms with van der Waals surface area (Å²) in [6, 6.07) is 1.34. The highest BCUT2D eigenvalue weighted by Gasteiger charge is 2.53. The smallest absolute Gasteiger partial charge is 0.289 e. The van der Waals surface area contributed by atoms with Gasteiger partial charge in [0, 0.05) is 37.8 Å². The molecule has 0 bridgehead atoms. The number of carbonyl (C=O) groups excluding carboxylic acids is 11. The predicted octanol–water partition coefficient (Wildman–Crippen LogP) is 5.25. The van der Waals surface area contributed by atoms with E-state index in [1.165, 1.54) is 12.4 Å². The van der Waals surface area contributed by atoms with Gasteiger partial charge in [-0.3, -0.25) is 63.0 Å². The van der Waals surface area contributed by atoms with Crippen LogP contribution in [-0.4, -0.2) is 146 Å². The molecule has 1 aromatic heterocycles. The third kappa shape index (κ3) is 14.1. The van der Waals surface area contributed by atoms with E-state index in [4.69, 9.17) is 0 Å². The number of piperidine rings is 1. The van der Waals surface area contributed by atoms with E-state index in [0.29, 0.717) is 44.2 Å². The van der Waals surface area contributed by atoms with Crippen LogP contribution < -0.4 is 21.3 Å². The van der Waals surface area contributed by atoms with E-state index in [-0.39, 0.29) is 90.3 Å². The molecule has 2 aromatic rings. The molecule has 20 heteroatoms. The van der Waals surface area contributed by atoms with E-state index >= 15 is 0 Å². The molecule has 6 aliphatic rings. The molecular formula is C60H81N9O11. The maximum absolute atomic E-state index is 15.0. The summed E-state index contributed by atoms with van der Waals surface area (Å²) in [5.41, 5.74) is 0.694. The van der Waals surface area contributed by atoms with Crippen molar-refractivity contribution in [3.05, 3.63) is 58.7 Å². The number of aromatic nitrogens is 2. The number of aryl methyl sites for hydroxylation is 1. The van der Waals surface area contributed by atoms with Gasteiger partial charge in [-0.25, -0.2) is 9.97 Å². The lowest BCUT2D eigenvalue weighted by molar-refractivity contribution is -0.148. The second-order valence-corrected chi connectivity index (χ2v) is 24.4. The fraction of sp³-hybridized carbons (Fsp3) is 0.650. The first-order valence-corrected chi connectivity index (χ1v) is 29.4. The lowest BCUT2D eigenvalue weighted by Crippen LogP contribution is -2.56. The molecule has 3 saturated carbocycles. The molecule has 8 rings (SSSR count). The molecule has 80 heavy (non-hydrogen) atoms. The number of likely N-dealkylation sites (tertiary alicyclic amines) is 1. The molecule has 5 fully saturated rings. The molecule has 3 aliphatic carbocycles. The molecule has 4 N–H and O–H groups in total. The summed E-state index contributed by atoms with van der Waals surface area (Å²) in [5.74, 6) is -6.42. The molecule has 20 nitrogen and oxygen atoms in total. The van der Waals surface area contributed by atoms with Crippen molar-refractivity contribution in [2.75, 3.05) is 26.7 Å². The van der Waals surface area contributed by atoms with E-state index in [9.17, 15) is 52.7 Å². The van der Waals surface area contributed by atoms with Gasteiger partial charge in [0.05, 0.1) is 35.6 Å². The van der Waals surface area contributed by atoms with Gasteiger partial charge in [0.25, 0.3) is 23.6 Å². The minimum atomic E-state index is -1.02. The van der Waals surface area contributed by atoms with Gasteiger partial charge in [0.1, 0.15) is 23.5 Å². The number of Topliss-reactive ketones (excluding diaryl/α,β-unsaturated/α-hetero) is 3. The van der Waals surface area contributed by atoms with E-state index in [2.05, 4.69) is 36.1 Å². The second-order valence-electron chi connectivity index (χ2n) is 24.4. The number of nitrogens with one attached hydrogen (secondary N) is 4. The quantitative estimate of drug-likeness (QED) is 0.0406. The van der Waals surface area contributed by atoms with E-state index in [0.717, 1.165) is 94.2 Å². The number of rotatable bonds is 26. The number of hydrogen-bond acceptors (Lipinski definition) is 14. The number of nitrogens with zero attached hydrogens (tertiary/aromatic N) is 5. The van der Waals surface area contributed by atoms with E-state index in [1.807, 2.05) is 40.8 Å². The van der Waals surface area contributed by atoms with Crippen LogP contribution in [0.5, 0.6) is 0 Å². The van der Waals surface area contributed by atoms with Gasteiger partial charge in [-0.1, -0.05) is 71.9 Å². The average molecular weight is 1100 g/mol. The number of hydrogen-bond donors (Lipinski definition) is 4. The largest absolute Gasteiger partial charge is 0.347 e. The Morgan fingerprint density at radius 1 is 0.812 bits per heavy atom. The van der Waals surface area contributed by atoms with Crippen LogP contribution in [0.4, 0.5) is 0 Å². The van der Waals surface area contributed by atoms with E-state index < -0.39 is 82.6 Å². The van der Waals surface area contributed by atoms with Crippen molar-refractivity contribution in [1.29, 1.82) is 0 Å². The van der Waals surface area contributed by atoms with Gasteiger partial charge in [0.15, 0.2) is 11.6 Å². The predicted molar refractivity (Wildman–Crippen MR) is 294 cm³/mol. The number of carbonyl (C=O) groups is 11. The highest BCUT2D eigenvalue weighted by Crippen LogP contribution is 2.45. The van der Waals surface area contributed by atoms with Gasteiger partial charge >= 0.3 is 0 Å². The molecule has 8 amide bonds. The van der Waals surface area contributed by atoms with Crippen LogP contribution in [0.1, 0.15) is 203 Å². The molecule has 4 heterocycles. The third-order valence-electron chi connectivity index (χ3n) is 17.4. The van der Waals surface area contributed by atoms with Crippen LogP contribution in [0.15, 0.2) is 30.6 Å². The summed E-state index contributed by atoms with van der Waals surface area (Å²) in [7, 11) is 2.00. The molecule has 0 spiro atoms. The average Bonchev–Trinajstić information content (AvgIpc) is 3.91. The summed E-state index contributed by atoms with van der Waals surface area (Å²) < 4.78 is 0. The first kappa shape index (κ1) is 59.5. The van der Waals surface area contributed by atoms with Crippen molar-refractivity contribution in [3.63, 3.8) is 0 Å². The highest BCUT2D eigenvalue weighted by molar-refractivity contribution is 6.38. The fourth-order valence-electron chi connectivity index (χ4n) is 12.7. The van der Waals surface area contributed by atoms with Crippen molar-refractivity contribution < 1.29 is 52.7 Å². The maximum atomic E-state index is 15.0. The van der Waals surface area contributed by atoms with Crippen molar-refractivity contribution >= 4 is 64.6 Å². The standard InChI is InChI=1S/C60H81N9O11/c1-6-16-42(52(73)56(77)63-38-25-26-38)64-55(76)51-39-22-15-21-37(39)34-68(51)58(79)41(60(2,3)4)31-47(71)50(36-18-8-7-9-19-36)66-53(74)44-33-61-43(32-62-44)46(70)24-11-13-30-67(5)29-12-10-17-35-20-14-23-40-49(35)59(80)69(57(40)78)45-27-28-48(72)65-54(45)75/h14,20,23,32-33,36-39,41-42,45,50-51H,6-13,15-19,21-22,24-31,34H2,1-5H3,(H,63,77)(H,64,76)(H,66,74)(H,65,72,75)/t37-,39-,41+,42-,45?,50-,51-/m0/s1. The Hall–Kier alpha value is -6.57. The summed E-state index contributed by atoms with van der Waals surface area (Å²) in [6.07, 6.45) is 15.4. The number of benzene rings is 1. The topological polar surface area (TPSA) is 271 Å². The number of fused-ring (bicyclic) bond motifs is 2. The summed E-state index contributed by atoms with van der Waals surface area (Å²) >= 11 is 0. The lowest BCUT2D eigenvalue weighted by atomic mass is 9.74. The monoisotopic (exact) mass is 1100 g/mol. The minimum Gasteiger partial charge on any atom is -0.347 e. The van der Waals surface area contributed by atoms with Crippen molar-refractivity contribution in [2.45, 2.75) is 193 Å². The van der Waals surface area contributed by atoms with Crippen molar-refractivity contribution in [3.8, 4) is 0 Å². The Morgan fingerprint density at radius 2 is 1.52 bits per heavy atom. The van der Waals surface area contributed by atoms with Crippen LogP contribution in [0, 0.1) is 29.1 Å². The Morgan fingerprint density at radius 3 is 2.20 bits per heavy atom. The molecule has 7 atom stereocenters. The molecule has 2 saturated heterocycles. The fourth-order valence-corrected chi connectivity index (χ4v) is 12.7.